The summed E-state index contributed by atoms with van der Waals surface area (Å²) in [6.45, 7) is 23.0. The van der Waals surface area contributed by atoms with E-state index < -0.39 is 35.4 Å². The SMILES string of the molecule is Cc1cc(C)[c]([Sn](=[C]2c3ccccc3-c3ccccc32)[CH]([Si](C)(C)C)[Si](C)(C)C)c(C)c1. The second-order valence-electron chi connectivity index (χ2n) is 11.8. The van der Waals surface area contributed by atoms with Crippen molar-refractivity contribution in [1.29, 1.82) is 0 Å². The molecule has 0 saturated carbocycles. The van der Waals surface area contributed by atoms with E-state index in [0.717, 1.165) is 3.18 Å². The van der Waals surface area contributed by atoms with Crippen LogP contribution >= 0.6 is 0 Å². The molecule has 0 radical (unpaired) electrons. The van der Waals surface area contributed by atoms with Crippen LogP contribution in [0.25, 0.3) is 11.1 Å². The molecule has 32 heavy (non-hydrogen) atoms. The number of fused-ring (bicyclic) bond motifs is 3. The third kappa shape index (κ3) is 4.19. The monoisotopic (exact) mass is 562 g/mol. The second-order valence-corrected chi connectivity index (χ2v) is 33.2. The van der Waals surface area contributed by atoms with Crippen LogP contribution in [0.2, 0.25) is 42.5 Å². The van der Waals surface area contributed by atoms with E-state index in [1.807, 2.05) is 0 Å². The molecule has 0 aliphatic heterocycles. The summed E-state index contributed by atoms with van der Waals surface area (Å²) in [7, 11) is -2.82. The molecule has 0 atom stereocenters. The summed E-state index contributed by atoms with van der Waals surface area (Å²) in [5.41, 5.74) is 10.5. The molecule has 0 N–H and O–H groups in total. The van der Waals surface area contributed by atoms with E-state index in [0.29, 0.717) is 0 Å². The normalized spacial score (nSPS) is 13.4. The van der Waals surface area contributed by atoms with E-state index in [2.05, 4.69) is 121 Å². The fraction of sp³-hybridized carbons (Fsp3) is 0.345. The Bertz CT molecular complexity index is 1140. The van der Waals surface area contributed by atoms with Crippen LogP contribution in [0.4, 0.5) is 0 Å². The van der Waals surface area contributed by atoms with Crippen molar-refractivity contribution in [2.75, 3.05) is 0 Å². The van der Waals surface area contributed by atoms with Crippen molar-refractivity contribution in [3.63, 3.8) is 0 Å². The van der Waals surface area contributed by atoms with Crippen molar-refractivity contribution in [2.45, 2.75) is 63.2 Å². The van der Waals surface area contributed by atoms with Crippen LogP contribution < -0.4 is 3.58 Å². The molecule has 3 heteroatoms. The minimum atomic E-state index is -2.37. The summed E-state index contributed by atoms with van der Waals surface area (Å²) in [6.07, 6.45) is 0. The second kappa shape index (κ2) is 8.52. The molecule has 0 heterocycles. The fourth-order valence-corrected chi connectivity index (χ4v) is 45.4. The van der Waals surface area contributed by atoms with Gasteiger partial charge in [0, 0.05) is 0 Å². The third-order valence-corrected chi connectivity index (χ3v) is 42.8. The van der Waals surface area contributed by atoms with Gasteiger partial charge in [-0.2, -0.15) is 0 Å². The Labute approximate surface area is 204 Å². The van der Waals surface area contributed by atoms with Crippen molar-refractivity contribution in [1.82, 2.24) is 0 Å². The molecule has 3 aromatic rings. The molecule has 1 aliphatic carbocycles. The van der Waals surface area contributed by atoms with Crippen LogP contribution in [-0.2, 0) is 0 Å². The van der Waals surface area contributed by atoms with Crippen LogP contribution in [0.3, 0.4) is 0 Å². The first-order chi connectivity index (χ1) is 14.9. The van der Waals surface area contributed by atoms with Gasteiger partial charge >= 0.3 is 205 Å². The van der Waals surface area contributed by atoms with Crippen molar-refractivity contribution in [2.24, 2.45) is 0 Å². The van der Waals surface area contributed by atoms with Gasteiger partial charge < -0.3 is 0 Å². The van der Waals surface area contributed by atoms with E-state index in [1.54, 1.807) is 29.4 Å². The molecule has 0 bridgehead atoms. The summed E-state index contributed by atoms with van der Waals surface area (Å²) in [6, 6.07) is 23.5. The van der Waals surface area contributed by atoms with E-state index >= 15 is 0 Å². The van der Waals surface area contributed by atoms with Gasteiger partial charge in [-0.25, -0.2) is 0 Å². The molecule has 3 aromatic carbocycles. The average molecular weight is 562 g/mol. The van der Waals surface area contributed by atoms with Gasteiger partial charge in [0.1, 0.15) is 0 Å². The van der Waals surface area contributed by atoms with Gasteiger partial charge in [-0.3, -0.25) is 0 Å². The van der Waals surface area contributed by atoms with E-state index in [4.69, 9.17) is 0 Å². The number of benzene rings is 3. The first-order valence-corrected chi connectivity index (χ1v) is 23.6. The molecule has 1 aliphatic rings. The third-order valence-electron chi connectivity index (χ3n) is 6.92. The van der Waals surface area contributed by atoms with Gasteiger partial charge in [-0.1, -0.05) is 0 Å². The van der Waals surface area contributed by atoms with Gasteiger partial charge in [0.05, 0.1) is 0 Å². The van der Waals surface area contributed by atoms with Crippen molar-refractivity contribution < 1.29 is 0 Å². The van der Waals surface area contributed by atoms with Crippen LogP contribution in [0, 0.1) is 20.8 Å². The van der Waals surface area contributed by atoms with Gasteiger partial charge in [-0.05, 0) is 0 Å². The summed E-state index contributed by atoms with van der Waals surface area (Å²) < 4.78 is 4.50. The average Bonchev–Trinajstić information content (AvgIpc) is 2.98. The summed E-state index contributed by atoms with van der Waals surface area (Å²) >= 11 is -2.37. The molecular weight excluding hydrogens is 523 g/mol. The first-order valence-electron chi connectivity index (χ1n) is 11.9. The van der Waals surface area contributed by atoms with Crippen molar-refractivity contribution in [3.05, 3.63) is 88.5 Å². The van der Waals surface area contributed by atoms with Crippen LogP contribution in [0.1, 0.15) is 27.8 Å². The molecule has 0 nitrogen and oxygen atoms in total. The van der Waals surface area contributed by atoms with Crippen molar-refractivity contribution >= 4 is 42.5 Å². The summed E-state index contributed by atoms with van der Waals surface area (Å²) in [5, 5.41) is 0. The van der Waals surface area contributed by atoms with Gasteiger partial charge in [0.15, 0.2) is 0 Å². The van der Waals surface area contributed by atoms with Gasteiger partial charge in [0.25, 0.3) is 0 Å². The molecule has 0 fully saturated rings. The Kier molecular flexibility index (Phi) is 6.36. The molecule has 4 rings (SSSR count). The van der Waals surface area contributed by atoms with Crippen LogP contribution in [0.5, 0.6) is 0 Å². The maximum atomic E-state index is 2.66. The molecule has 166 valence electrons. The van der Waals surface area contributed by atoms with E-state index in [9.17, 15) is 0 Å². The Morgan fingerprint density at radius 1 is 0.594 bits per heavy atom. The molecular formula is C29H38Si2Sn. The number of rotatable bonds is 4. The van der Waals surface area contributed by atoms with Crippen LogP contribution in [-0.4, -0.2) is 39.0 Å². The predicted molar refractivity (Wildman–Crippen MR) is 152 cm³/mol. The Balaban J connectivity index is 2.24. The molecule has 0 unspecified atom stereocenters. The number of aryl methyl sites for hydroxylation is 3. The topological polar surface area (TPSA) is 0 Å². The first kappa shape index (κ1) is 23.9. The molecule has 0 aromatic heterocycles. The minimum absolute atomic E-state index is 0.937. The Morgan fingerprint density at radius 3 is 1.34 bits per heavy atom. The quantitative estimate of drug-likeness (QED) is 0.230. The molecule has 0 spiro atoms. The summed E-state index contributed by atoms with van der Waals surface area (Å²) in [5.74, 6) is 0. The zero-order chi connectivity index (χ0) is 23.4. The van der Waals surface area contributed by atoms with Crippen molar-refractivity contribution in [3.8, 4) is 11.1 Å². The Morgan fingerprint density at radius 2 is 0.969 bits per heavy atom. The fourth-order valence-electron chi connectivity index (χ4n) is 6.49. The maximum absolute atomic E-state index is 2.66. The zero-order valence-corrected chi connectivity index (χ0v) is 26.2. The standard InChI is InChI=1S/C13H8.C9H11.C7H19Si2.Sn/c1-3-7-12-10(5-1)9-11-6-2-4-8-13(11)12;1-7-4-8(2)6-9(3)5-7;1-8(2,3)7-9(4,5)6;/h1-8H;4-5H,1-3H3;7H,1-6H3;. The Hall–Kier alpha value is -1.24. The van der Waals surface area contributed by atoms with Gasteiger partial charge in [-0.15, -0.1) is 0 Å². The van der Waals surface area contributed by atoms with Gasteiger partial charge in [0.2, 0.25) is 0 Å². The molecule has 0 saturated heterocycles. The zero-order valence-electron chi connectivity index (χ0n) is 21.4. The van der Waals surface area contributed by atoms with E-state index in [-0.39, 0.29) is 0 Å². The number of hydrogen-bond donors (Lipinski definition) is 0. The van der Waals surface area contributed by atoms with E-state index in [1.165, 1.54) is 16.7 Å². The van der Waals surface area contributed by atoms with Crippen LogP contribution in [0.15, 0.2) is 60.7 Å². The molecule has 0 amide bonds. The predicted octanol–water partition coefficient (Wildman–Crippen LogP) is 7.27. The summed E-state index contributed by atoms with van der Waals surface area (Å²) in [4.78, 5) is 0. The number of hydrogen-bond acceptors (Lipinski definition) is 0.